The molecule has 0 saturated carbocycles. The molecule has 5 nitrogen and oxygen atoms in total. The van der Waals surface area contributed by atoms with E-state index in [-0.39, 0.29) is 18.9 Å². The van der Waals surface area contributed by atoms with E-state index in [0.717, 1.165) is 0 Å². The van der Waals surface area contributed by atoms with E-state index in [0.29, 0.717) is 0 Å². The third-order valence-corrected chi connectivity index (χ3v) is 1.31. The Kier molecular flexibility index (Phi) is 6.42. The van der Waals surface area contributed by atoms with E-state index in [9.17, 15) is 0 Å². The van der Waals surface area contributed by atoms with Gasteiger partial charge >= 0.3 is 0 Å². The van der Waals surface area contributed by atoms with E-state index in [1.54, 1.807) is 12.1 Å². The van der Waals surface area contributed by atoms with Crippen LogP contribution in [0.25, 0.3) is 9.69 Å². The van der Waals surface area contributed by atoms with Crippen LogP contribution in [-0.2, 0) is 0 Å². The van der Waals surface area contributed by atoms with Crippen molar-refractivity contribution in [1.29, 1.82) is 10.5 Å². The Morgan fingerprint density at radius 1 is 1.20 bits per heavy atom. The van der Waals surface area contributed by atoms with E-state index in [2.05, 4.69) is 9.69 Å². The van der Waals surface area contributed by atoms with Crippen LogP contribution in [0.2, 0.25) is 0 Å². The Hall–Kier alpha value is -2.76. The molecular weight excluding hydrogens is 190 g/mol. The molecule has 0 bridgehead atoms. The van der Waals surface area contributed by atoms with Gasteiger partial charge in [0.05, 0.1) is 0 Å². The molecule has 0 aromatic heterocycles. The highest BCUT2D eigenvalue weighted by molar-refractivity contribution is 5.37. The number of hydrogen-bond donors (Lipinski definition) is 0. The van der Waals surface area contributed by atoms with Crippen molar-refractivity contribution in [2.75, 3.05) is 13.3 Å². The summed E-state index contributed by atoms with van der Waals surface area (Å²) in [5.41, 5.74) is -0.0168. The minimum absolute atomic E-state index is 0.0168. The lowest BCUT2D eigenvalue weighted by Crippen LogP contribution is -2.14. The van der Waals surface area contributed by atoms with Gasteiger partial charge in [-0.1, -0.05) is 0 Å². The van der Waals surface area contributed by atoms with Gasteiger partial charge in [0.2, 0.25) is 0 Å². The third-order valence-electron chi connectivity index (χ3n) is 1.31. The van der Waals surface area contributed by atoms with Gasteiger partial charge in [-0.05, 0) is 12.2 Å². The summed E-state index contributed by atoms with van der Waals surface area (Å²) in [7, 11) is 0. The van der Waals surface area contributed by atoms with E-state index in [1.807, 2.05) is 0 Å². The molecule has 5 heteroatoms. The van der Waals surface area contributed by atoms with Crippen molar-refractivity contribution in [2.45, 2.75) is 0 Å². The fraction of sp³-hybridized carbons (Fsp3) is 0.200. The fourth-order valence-electron chi connectivity index (χ4n) is 0.681. The van der Waals surface area contributed by atoms with Gasteiger partial charge < -0.3 is 0 Å². The van der Waals surface area contributed by atoms with Gasteiger partial charge in [0.15, 0.2) is 0 Å². The first-order chi connectivity index (χ1) is 7.28. The summed E-state index contributed by atoms with van der Waals surface area (Å²) in [6, 6.07) is 3.40. The lowest BCUT2D eigenvalue weighted by Gasteiger charge is -2.03. The Bertz CT molecular complexity index is 387. The van der Waals surface area contributed by atoms with Gasteiger partial charge in [0.25, 0.3) is 13.3 Å². The first-order valence-corrected chi connectivity index (χ1v) is 3.87. The molecule has 0 radical (unpaired) electrons. The molecule has 0 aromatic carbocycles. The topological polar surface area (TPSA) is 59.5 Å². The quantitative estimate of drug-likeness (QED) is 0.390. The van der Waals surface area contributed by atoms with Crippen molar-refractivity contribution >= 4 is 0 Å². The first kappa shape index (κ1) is 12.2. The molecule has 0 saturated heterocycles. The van der Waals surface area contributed by atoms with E-state index < -0.39 is 0 Å². The van der Waals surface area contributed by atoms with Gasteiger partial charge in [-0.3, -0.25) is 9.69 Å². The van der Waals surface area contributed by atoms with Crippen LogP contribution in [0, 0.1) is 35.8 Å². The van der Waals surface area contributed by atoms with Gasteiger partial charge in [0.1, 0.15) is 17.7 Å². The van der Waals surface area contributed by atoms with Crippen molar-refractivity contribution in [3.63, 3.8) is 0 Å². The third kappa shape index (κ3) is 5.47. The van der Waals surface area contributed by atoms with E-state index >= 15 is 0 Å². The second-order valence-electron chi connectivity index (χ2n) is 2.33. The monoisotopic (exact) mass is 197 g/mol. The van der Waals surface area contributed by atoms with Crippen molar-refractivity contribution in [2.24, 2.45) is 0 Å². The Morgan fingerprint density at radius 3 is 2.13 bits per heavy atom. The average molecular weight is 197 g/mol. The highest BCUT2D eigenvalue weighted by Gasteiger charge is 2.00. The summed E-state index contributed by atoms with van der Waals surface area (Å²) < 4.78 is 0. The van der Waals surface area contributed by atoms with Crippen LogP contribution < -0.4 is 0 Å². The highest BCUT2D eigenvalue weighted by Crippen LogP contribution is 1.94. The molecule has 0 fully saturated rings. The molecule has 0 spiro atoms. The minimum Gasteiger partial charge on any atom is -0.293 e. The van der Waals surface area contributed by atoms with Crippen molar-refractivity contribution in [3.8, 4) is 12.1 Å². The van der Waals surface area contributed by atoms with Crippen LogP contribution in [0.15, 0.2) is 23.9 Å². The van der Waals surface area contributed by atoms with E-state index in [4.69, 9.17) is 23.7 Å². The fourth-order valence-corrected chi connectivity index (χ4v) is 0.681. The summed E-state index contributed by atoms with van der Waals surface area (Å²) in [4.78, 5) is 7.72. The number of nitriles is 2. The summed E-state index contributed by atoms with van der Waals surface area (Å²) in [6.45, 7) is 13.4. The van der Waals surface area contributed by atoms with Gasteiger partial charge in [-0.15, -0.1) is 0 Å². The second-order valence-corrected chi connectivity index (χ2v) is 2.33. The molecule has 0 rings (SSSR count). The predicted molar refractivity (Wildman–Crippen MR) is 53.2 cm³/mol. The molecule has 0 N–H and O–H groups in total. The number of allylic oxidation sites excluding steroid dienone is 3. The maximum atomic E-state index is 8.41. The second kappa shape index (κ2) is 7.87. The van der Waals surface area contributed by atoms with E-state index in [1.165, 1.54) is 23.3 Å². The van der Waals surface area contributed by atoms with Crippen LogP contribution in [0.1, 0.15) is 0 Å². The van der Waals surface area contributed by atoms with Gasteiger partial charge in [0, 0.05) is 6.20 Å². The smallest absolute Gasteiger partial charge is 0.293 e. The standard InChI is InChI=1S/C10H7N5/c1-13-8-15(9-14-2)5-3-4-10(6-11)7-12/h3-5H,8-9H2/b5-3+. The molecule has 72 valence electrons. The van der Waals surface area contributed by atoms with Crippen LogP contribution >= 0.6 is 0 Å². The zero-order valence-electron chi connectivity index (χ0n) is 7.88. The van der Waals surface area contributed by atoms with Crippen molar-refractivity contribution < 1.29 is 0 Å². The summed E-state index contributed by atoms with van der Waals surface area (Å²) in [5, 5.41) is 16.8. The van der Waals surface area contributed by atoms with Crippen LogP contribution in [0.4, 0.5) is 0 Å². The zero-order valence-corrected chi connectivity index (χ0v) is 7.88. The molecule has 0 aliphatic rings. The van der Waals surface area contributed by atoms with Crippen LogP contribution in [0.3, 0.4) is 0 Å². The number of rotatable bonds is 4. The minimum atomic E-state index is -0.0168. The highest BCUT2D eigenvalue weighted by atomic mass is 15.2. The van der Waals surface area contributed by atoms with Crippen LogP contribution in [0.5, 0.6) is 0 Å². The van der Waals surface area contributed by atoms with Crippen LogP contribution in [-0.4, -0.2) is 18.2 Å². The first-order valence-electron chi connectivity index (χ1n) is 3.87. The average Bonchev–Trinajstić information content (AvgIpc) is 2.25. The molecular formula is C10H7N5. The summed E-state index contributed by atoms with van der Waals surface area (Å²) in [5.74, 6) is 0. The summed E-state index contributed by atoms with van der Waals surface area (Å²) in [6.07, 6.45) is 4.31. The Labute approximate surface area is 88.4 Å². The molecule has 0 aliphatic carbocycles. The Balaban J connectivity index is 4.45. The molecule has 0 atom stereocenters. The Morgan fingerprint density at radius 2 is 1.73 bits per heavy atom. The zero-order chi connectivity index (χ0) is 11.5. The lowest BCUT2D eigenvalue weighted by molar-refractivity contribution is 0.458. The number of nitrogens with zero attached hydrogens (tertiary/aromatic N) is 5. The predicted octanol–water partition coefficient (Wildman–Crippen LogP) is 1.53. The molecule has 0 unspecified atom stereocenters. The number of hydrogen-bond acceptors (Lipinski definition) is 3. The molecule has 0 aliphatic heterocycles. The molecule has 0 heterocycles. The maximum absolute atomic E-state index is 8.41. The SMILES string of the molecule is [C-]#[N+]CN(/C=C/C=C(C#N)C#N)C[N+]#[C-]. The van der Waals surface area contributed by atoms with Crippen molar-refractivity contribution in [1.82, 2.24) is 4.90 Å². The van der Waals surface area contributed by atoms with Gasteiger partial charge in [-0.2, -0.15) is 10.5 Å². The molecule has 0 amide bonds. The maximum Gasteiger partial charge on any atom is 0.294 e. The van der Waals surface area contributed by atoms with Gasteiger partial charge in [-0.25, -0.2) is 18.0 Å². The largest absolute Gasteiger partial charge is 0.294 e. The summed E-state index contributed by atoms with van der Waals surface area (Å²) >= 11 is 0. The van der Waals surface area contributed by atoms with Crippen molar-refractivity contribution in [3.05, 3.63) is 46.8 Å². The molecule has 15 heavy (non-hydrogen) atoms. The molecule has 0 aromatic rings. The normalized spacial score (nSPS) is 8.00. The lowest BCUT2D eigenvalue weighted by atomic mass is 10.3.